The molecular weight excluding hydrogens is 266 g/mol. The molecule has 5 nitrogen and oxygen atoms in total. The lowest BCUT2D eigenvalue weighted by molar-refractivity contribution is -0.123. The molecule has 1 atom stereocenters. The standard InChI is InChI=1S/C16H25N3O2/c1-10(2)13(17)14(20)18-11-6-8-12(9-7-11)19-15(21)16(3,4)5/h6-10,13H,17H2,1-5H3,(H,18,20)(H,19,21)/t13-/m1/s1. The molecule has 116 valence electrons. The molecule has 0 bridgehead atoms. The van der Waals surface area contributed by atoms with Gasteiger partial charge in [-0.1, -0.05) is 34.6 Å². The zero-order valence-corrected chi connectivity index (χ0v) is 13.4. The smallest absolute Gasteiger partial charge is 0.241 e. The molecule has 0 fully saturated rings. The topological polar surface area (TPSA) is 84.2 Å². The van der Waals surface area contributed by atoms with Crippen LogP contribution in [0.5, 0.6) is 0 Å². The summed E-state index contributed by atoms with van der Waals surface area (Å²) >= 11 is 0. The molecule has 0 aliphatic rings. The van der Waals surface area contributed by atoms with Crippen molar-refractivity contribution in [2.45, 2.75) is 40.7 Å². The van der Waals surface area contributed by atoms with Gasteiger partial charge < -0.3 is 16.4 Å². The number of carbonyl (C=O) groups excluding carboxylic acids is 2. The van der Waals surface area contributed by atoms with E-state index in [0.29, 0.717) is 11.4 Å². The molecule has 2 amide bonds. The van der Waals surface area contributed by atoms with Crippen molar-refractivity contribution in [1.29, 1.82) is 0 Å². The molecule has 0 aliphatic heterocycles. The Morgan fingerprint density at radius 2 is 1.43 bits per heavy atom. The van der Waals surface area contributed by atoms with Gasteiger partial charge in [0.15, 0.2) is 0 Å². The van der Waals surface area contributed by atoms with Crippen molar-refractivity contribution in [2.24, 2.45) is 17.1 Å². The van der Waals surface area contributed by atoms with Gasteiger partial charge in [0.25, 0.3) is 0 Å². The Labute approximate surface area is 126 Å². The quantitative estimate of drug-likeness (QED) is 0.797. The molecule has 0 heterocycles. The molecule has 0 unspecified atom stereocenters. The fourth-order valence-electron chi connectivity index (χ4n) is 1.48. The van der Waals surface area contributed by atoms with E-state index in [-0.39, 0.29) is 17.7 Å². The molecule has 5 heteroatoms. The molecule has 1 aromatic rings. The summed E-state index contributed by atoms with van der Waals surface area (Å²) in [7, 11) is 0. The summed E-state index contributed by atoms with van der Waals surface area (Å²) in [6, 6.07) is 6.44. The van der Waals surface area contributed by atoms with Crippen molar-refractivity contribution < 1.29 is 9.59 Å². The monoisotopic (exact) mass is 291 g/mol. The van der Waals surface area contributed by atoms with Crippen molar-refractivity contribution in [3.8, 4) is 0 Å². The highest BCUT2D eigenvalue weighted by Gasteiger charge is 2.21. The van der Waals surface area contributed by atoms with Crippen molar-refractivity contribution in [3.63, 3.8) is 0 Å². The van der Waals surface area contributed by atoms with E-state index in [1.165, 1.54) is 0 Å². The van der Waals surface area contributed by atoms with Crippen LogP contribution in [0, 0.1) is 11.3 Å². The maximum atomic E-state index is 11.9. The third-order valence-corrected chi connectivity index (χ3v) is 3.11. The van der Waals surface area contributed by atoms with Crippen molar-refractivity contribution in [1.82, 2.24) is 0 Å². The van der Waals surface area contributed by atoms with Crippen molar-refractivity contribution in [2.75, 3.05) is 10.6 Å². The average Bonchev–Trinajstić information content (AvgIpc) is 2.38. The fourth-order valence-corrected chi connectivity index (χ4v) is 1.48. The average molecular weight is 291 g/mol. The van der Waals surface area contributed by atoms with Crippen LogP contribution in [0.3, 0.4) is 0 Å². The van der Waals surface area contributed by atoms with Crippen LogP contribution >= 0.6 is 0 Å². The summed E-state index contributed by atoms with van der Waals surface area (Å²) in [5, 5.41) is 5.58. The van der Waals surface area contributed by atoms with E-state index in [1.54, 1.807) is 24.3 Å². The Morgan fingerprint density at radius 1 is 1.00 bits per heavy atom. The first-order chi connectivity index (χ1) is 9.61. The number of hydrogen-bond donors (Lipinski definition) is 3. The minimum Gasteiger partial charge on any atom is -0.326 e. The van der Waals surface area contributed by atoms with Crippen molar-refractivity contribution >= 4 is 23.2 Å². The van der Waals surface area contributed by atoms with E-state index in [1.807, 2.05) is 34.6 Å². The Balaban J connectivity index is 2.67. The predicted octanol–water partition coefficient (Wildman–Crippen LogP) is 2.59. The first-order valence-corrected chi connectivity index (χ1v) is 7.09. The number of amides is 2. The van der Waals surface area contributed by atoms with Gasteiger partial charge >= 0.3 is 0 Å². The van der Waals surface area contributed by atoms with Crippen LogP contribution in [0.15, 0.2) is 24.3 Å². The lowest BCUT2D eigenvalue weighted by Gasteiger charge is -2.18. The number of nitrogens with one attached hydrogen (secondary N) is 2. The number of nitrogens with two attached hydrogens (primary N) is 1. The summed E-state index contributed by atoms with van der Waals surface area (Å²) in [6.45, 7) is 9.35. The second-order valence-corrected chi connectivity index (χ2v) is 6.54. The molecule has 1 aromatic carbocycles. The van der Waals surface area contributed by atoms with Crippen LogP contribution in [0.25, 0.3) is 0 Å². The van der Waals surface area contributed by atoms with Crippen LogP contribution in [0.1, 0.15) is 34.6 Å². The fraction of sp³-hybridized carbons (Fsp3) is 0.500. The summed E-state index contributed by atoms with van der Waals surface area (Å²) in [5.41, 5.74) is 6.69. The van der Waals surface area contributed by atoms with Gasteiger partial charge in [-0.2, -0.15) is 0 Å². The van der Waals surface area contributed by atoms with Gasteiger partial charge in [0.05, 0.1) is 6.04 Å². The van der Waals surface area contributed by atoms with E-state index in [9.17, 15) is 9.59 Å². The Kier molecular flexibility index (Phi) is 5.49. The Hall–Kier alpha value is -1.88. The molecule has 0 radical (unpaired) electrons. The highest BCUT2D eigenvalue weighted by molar-refractivity contribution is 5.96. The van der Waals surface area contributed by atoms with Crippen LogP contribution in [-0.4, -0.2) is 17.9 Å². The highest BCUT2D eigenvalue weighted by Crippen LogP contribution is 2.19. The Morgan fingerprint density at radius 3 is 1.81 bits per heavy atom. The Bertz CT molecular complexity index is 501. The van der Waals surface area contributed by atoms with Crippen LogP contribution in [-0.2, 0) is 9.59 Å². The molecular formula is C16H25N3O2. The maximum absolute atomic E-state index is 11.9. The van der Waals surface area contributed by atoms with Crippen LogP contribution < -0.4 is 16.4 Å². The summed E-state index contributed by atoms with van der Waals surface area (Å²) in [5.74, 6) is -0.187. The van der Waals surface area contributed by atoms with Crippen LogP contribution in [0.2, 0.25) is 0 Å². The predicted molar refractivity (Wildman–Crippen MR) is 86.0 cm³/mol. The lowest BCUT2D eigenvalue weighted by Crippen LogP contribution is -2.39. The SMILES string of the molecule is CC(C)[C@@H](N)C(=O)Nc1ccc(NC(=O)C(C)(C)C)cc1. The number of anilines is 2. The summed E-state index contributed by atoms with van der Waals surface area (Å²) in [4.78, 5) is 23.7. The molecule has 1 rings (SSSR count). The van der Waals surface area contributed by atoms with E-state index < -0.39 is 11.5 Å². The molecule has 0 saturated heterocycles. The molecule has 0 saturated carbocycles. The number of hydrogen-bond acceptors (Lipinski definition) is 3. The molecule has 4 N–H and O–H groups in total. The van der Waals surface area contributed by atoms with Gasteiger partial charge in [0.1, 0.15) is 0 Å². The number of carbonyl (C=O) groups is 2. The van der Waals surface area contributed by atoms with E-state index in [2.05, 4.69) is 10.6 Å². The first kappa shape index (κ1) is 17.2. The van der Waals surface area contributed by atoms with Gasteiger partial charge in [-0.3, -0.25) is 9.59 Å². The van der Waals surface area contributed by atoms with Crippen molar-refractivity contribution in [3.05, 3.63) is 24.3 Å². The van der Waals surface area contributed by atoms with Gasteiger partial charge in [-0.05, 0) is 30.2 Å². The zero-order chi connectivity index (χ0) is 16.2. The third-order valence-electron chi connectivity index (χ3n) is 3.11. The van der Waals surface area contributed by atoms with E-state index in [4.69, 9.17) is 5.73 Å². The third kappa shape index (κ3) is 5.19. The lowest BCUT2D eigenvalue weighted by atomic mass is 9.95. The number of rotatable bonds is 4. The first-order valence-electron chi connectivity index (χ1n) is 7.09. The zero-order valence-electron chi connectivity index (χ0n) is 13.4. The van der Waals surface area contributed by atoms with Gasteiger partial charge in [-0.15, -0.1) is 0 Å². The van der Waals surface area contributed by atoms with E-state index >= 15 is 0 Å². The largest absolute Gasteiger partial charge is 0.326 e. The van der Waals surface area contributed by atoms with Gasteiger partial charge in [0, 0.05) is 16.8 Å². The molecule has 21 heavy (non-hydrogen) atoms. The highest BCUT2D eigenvalue weighted by atomic mass is 16.2. The minimum absolute atomic E-state index is 0.0545. The summed E-state index contributed by atoms with van der Waals surface area (Å²) in [6.07, 6.45) is 0. The molecule has 0 aromatic heterocycles. The molecule has 0 aliphatic carbocycles. The maximum Gasteiger partial charge on any atom is 0.241 e. The van der Waals surface area contributed by atoms with Gasteiger partial charge in [0.2, 0.25) is 11.8 Å². The van der Waals surface area contributed by atoms with E-state index in [0.717, 1.165) is 0 Å². The second kappa shape index (κ2) is 6.72. The summed E-state index contributed by atoms with van der Waals surface area (Å²) < 4.78 is 0. The molecule has 0 spiro atoms. The normalized spacial score (nSPS) is 12.9. The van der Waals surface area contributed by atoms with Gasteiger partial charge in [-0.25, -0.2) is 0 Å². The second-order valence-electron chi connectivity index (χ2n) is 6.54. The van der Waals surface area contributed by atoms with Crippen LogP contribution in [0.4, 0.5) is 11.4 Å². The number of benzene rings is 1. The minimum atomic E-state index is -0.537.